The van der Waals surface area contributed by atoms with Crippen LogP contribution in [0.1, 0.15) is 13.3 Å². The van der Waals surface area contributed by atoms with Crippen LogP contribution in [0, 0.1) is 0 Å². The number of rotatable bonds is 4. The third-order valence-electron chi connectivity index (χ3n) is 1.39. The molecule has 0 rings (SSSR count). The molecule has 0 heterocycles. The molecule has 0 aromatic heterocycles. The van der Waals surface area contributed by atoms with E-state index in [1.165, 1.54) is 12.5 Å². The first kappa shape index (κ1) is 9.39. The first-order valence-electron chi connectivity index (χ1n) is 3.76. The summed E-state index contributed by atoms with van der Waals surface area (Å²) >= 11 is 0. The van der Waals surface area contributed by atoms with Crippen molar-refractivity contribution >= 4 is 18.1 Å². The van der Waals surface area contributed by atoms with Crippen LogP contribution < -0.4 is 0 Å². The quantitative estimate of drug-likeness (QED) is 0.572. The summed E-state index contributed by atoms with van der Waals surface area (Å²) in [6, 6.07) is 1.33. The lowest BCUT2D eigenvalue weighted by Crippen LogP contribution is -2.30. The molecule has 56 valence electrons. The average Bonchev–Trinajstić information content (AvgIpc) is 1.64. The van der Waals surface area contributed by atoms with Crippen molar-refractivity contribution < 1.29 is 4.12 Å². The van der Waals surface area contributed by atoms with Gasteiger partial charge in [-0.25, -0.2) is 0 Å². The van der Waals surface area contributed by atoms with E-state index in [4.69, 9.17) is 4.12 Å². The van der Waals surface area contributed by atoms with Crippen molar-refractivity contribution in [1.29, 1.82) is 0 Å². The molecule has 0 fully saturated rings. The zero-order valence-electron chi connectivity index (χ0n) is 7.03. The van der Waals surface area contributed by atoms with Crippen molar-refractivity contribution in [3.63, 3.8) is 0 Å². The molecule has 0 radical (unpaired) electrons. The molecule has 0 aliphatic carbocycles. The molecule has 9 heavy (non-hydrogen) atoms. The lowest BCUT2D eigenvalue weighted by atomic mass is 10.6. The van der Waals surface area contributed by atoms with E-state index in [-0.39, 0.29) is 9.76 Å². The zero-order valence-corrected chi connectivity index (χ0v) is 9.44. The molecule has 0 spiro atoms. The van der Waals surface area contributed by atoms with Gasteiger partial charge in [0.25, 0.3) is 0 Å². The maximum absolute atomic E-state index is 5.75. The third-order valence-corrected chi connectivity index (χ3v) is 7.37. The highest BCUT2D eigenvalue weighted by atomic mass is 28.4. The number of hydrogen-bond donors (Lipinski definition) is 0. The lowest BCUT2D eigenvalue weighted by molar-refractivity contribution is 0.587. The Morgan fingerprint density at radius 3 is 2.33 bits per heavy atom. The Hall–Kier alpha value is 0.394. The van der Waals surface area contributed by atoms with Gasteiger partial charge in [-0.3, -0.25) is 0 Å². The molecule has 0 unspecified atom stereocenters. The first-order chi connectivity index (χ1) is 4.12. The summed E-state index contributed by atoms with van der Waals surface area (Å²) in [4.78, 5) is 0. The minimum absolute atomic E-state index is 0.149. The van der Waals surface area contributed by atoms with Crippen molar-refractivity contribution in [3.05, 3.63) is 0 Å². The molecule has 0 aliphatic heterocycles. The fraction of sp³-hybridized carbons (Fsp3) is 1.00. The van der Waals surface area contributed by atoms with E-state index in [1.807, 2.05) is 0 Å². The van der Waals surface area contributed by atoms with E-state index in [0.29, 0.717) is 0 Å². The standard InChI is InChI=1S/C6H18OSi2/c1-5-6-9(3,4)7-8-2/h5-6,8H2,1-4H3. The number of hydrogen-bond acceptors (Lipinski definition) is 1. The highest BCUT2D eigenvalue weighted by Gasteiger charge is 2.18. The van der Waals surface area contributed by atoms with Crippen molar-refractivity contribution in [3.8, 4) is 0 Å². The van der Waals surface area contributed by atoms with Crippen molar-refractivity contribution in [1.82, 2.24) is 0 Å². The Labute approximate surface area is 61.9 Å². The highest BCUT2D eigenvalue weighted by molar-refractivity contribution is 6.74. The summed E-state index contributed by atoms with van der Waals surface area (Å²) in [5, 5.41) is 0. The predicted molar refractivity (Wildman–Crippen MR) is 48.1 cm³/mol. The van der Waals surface area contributed by atoms with Crippen molar-refractivity contribution in [2.45, 2.75) is 39.0 Å². The SMILES string of the molecule is CCC[Si](C)(C)O[SiH2]C. The van der Waals surface area contributed by atoms with Gasteiger partial charge in [0.15, 0.2) is 8.32 Å². The third kappa shape index (κ3) is 4.87. The van der Waals surface area contributed by atoms with E-state index in [1.54, 1.807) is 0 Å². The molecule has 0 aliphatic rings. The topological polar surface area (TPSA) is 9.23 Å². The summed E-state index contributed by atoms with van der Waals surface area (Å²) in [5.74, 6) is 0. The molecule has 0 atom stereocenters. The second-order valence-corrected chi connectivity index (χ2v) is 8.69. The normalized spacial score (nSPS) is 13.3. The van der Waals surface area contributed by atoms with Gasteiger partial charge in [-0.1, -0.05) is 19.9 Å². The predicted octanol–water partition coefficient (Wildman–Crippen LogP) is 1.75. The maximum Gasteiger partial charge on any atom is 0.172 e. The van der Waals surface area contributed by atoms with E-state index in [9.17, 15) is 0 Å². The van der Waals surface area contributed by atoms with Crippen LogP contribution in [-0.2, 0) is 4.12 Å². The van der Waals surface area contributed by atoms with Crippen LogP contribution in [0.25, 0.3) is 0 Å². The molecule has 0 amide bonds. The van der Waals surface area contributed by atoms with Crippen molar-refractivity contribution in [2.75, 3.05) is 0 Å². The van der Waals surface area contributed by atoms with E-state index < -0.39 is 8.32 Å². The monoisotopic (exact) mass is 162 g/mol. The van der Waals surface area contributed by atoms with Gasteiger partial charge in [0.1, 0.15) is 9.76 Å². The van der Waals surface area contributed by atoms with Crippen LogP contribution in [0.15, 0.2) is 0 Å². The molecule has 3 heteroatoms. The van der Waals surface area contributed by atoms with Gasteiger partial charge in [0.2, 0.25) is 0 Å². The Kier molecular flexibility index (Phi) is 4.43. The molecule has 0 aromatic carbocycles. The van der Waals surface area contributed by atoms with Crippen molar-refractivity contribution in [2.24, 2.45) is 0 Å². The van der Waals surface area contributed by atoms with Crippen LogP contribution in [-0.4, -0.2) is 18.1 Å². The van der Waals surface area contributed by atoms with Crippen LogP contribution in [0.3, 0.4) is 0 Å². The summed E-state index contributed by atoms with van der Waals surface area (Å²) in [6.07, 6.45) is 1.29. The lowest BCUT2D eigenvalue weighted by Gasteiger charge is -2.21. The molecule has 0 bridgehead atoms. The van der Waals surface area contributed by atoms with Crippen LogP contribution in [0.2, 0.25) is 25.7 Å². The zero-order chi connectivity index (χ0) is 7.33. The van der Waals surface area contributed by atoms with E-state index in [2.05, 4.69) is 26.6 Å². The smallest absolute Gasteiger partial charge is 0.172 e. The molecular formula is C6H18OSi2. The van der Waals surface area contributed by atoms with Gasteiger partial charge in [0, 0.05) is 0 Å². The van der Waals surface area contributed by atoms with Gasteiger partial charge in [-0.2, -0.15) is 0 Å². The molecular weight excluding hydrogens is 144 g/mol. The maximum atomic E-state index is 5.75. The largest absolute Gasteiger partial charge is 0.461 e. The fourth-order valence-electron chi connectivity index (χ4n) is 1.06. The molecule has 0 aromatic rings. The van der Waals surface area contributed by atoms with Crippen LogP contribution in [0.5, 0.6) is 0 Å². The Morgan fingerprint density at radius 1 is 1.44 bits per heavy atom. The summed E-state index contributed by atoms with van der Waals surface area (Å²) in [5.41, 5.74) is 0. The highest BCUT2D eigenvalue weighted by Crippen LogP contribution is 2.11. The minimum Gasteiger partial charge on any atom is -0.461 e. The van der Waals surface area contributed by atoms with Crippen LogP contribution in [0.4, 0.5) is 0 Å². The molecule has 0 saturated heterocycles. The second kappa shape index (κ2) is 4.25. The second-order valence-electron chi connectivity index (χ2n) is 2.94. The minimum atomic E-state index is -1.14. The Morgan fingerprint density at radius 2 is 2.00 bits per heavy atom. The van der Waals surface area contributed by atoms with Gasteiger partial charge in [0.05, 0.1) is 0 Å². The Bertz CT molecular complexity index is 65.5. The average molecular weight is 162 g/mol. The molecule has 1 nitrogen and oxygen atoms in total. The van der Waals surface area contributed by atoms with Gasteiger partial charge in [-0.15, -0.1) is 0 Å². The van der Waals surface area contributed by atoms with E-state index in [0.717, 1.165) is 0 Å². The van der Waals surface area contributed by atoms with Crippen LogP contribution >= 0.6 is 0 Å². The molecule has 0 saturated carbocycles. The first-order valence-corrected chi connectivity index (χ1v) is 8.87. The fourth-order valence-corrected chi connectivity index (χ4v) is 5.97. The van der Waals surface area contributed by atoms with Gasteiger partial charge in [-0.05, 0) is 19.1 Å². The molecule has 0 N–H and O–H groups in total. The Balaban J connectivity index is 3.43. The van der Waals surface area contributed by atoms with Gasteiger partial charge < -0.3 is 4.12 Å². The van der Waals surface area contributed by atoms with Gasteiger partial charge >= 0.3 is 0 Å². The summed E-state index contributed by atoms with van der Waals surface area (Å²) in [7, 11) is -1.29. The summed E-state index contributed by atoms with van der Waals surface area (Å²) in [6.45, 7) is 9.07. The van der Waals surface area contributed by atoms with E-state index >= 15 is 0 Å². The summed E-state index contributed by atoms with van der Waals surface area (Å²) < 4.78 is 5.75.